The summed E-state index contributed by atoms with van der Waals surface area (Å²) in [6, 6.07) is 8.76. The van der Waals surface area contributed by atoms with E-state index in [1.807, 2.05) is 0 Å². The molecule has 108 valence electrons. The molecule has 0 aliphatic heterocycles. The standard InChI is InChI=1S/C15H11F2NO3/c16-12-5-6-14(13(17)7-12)18(9-19)8-10-1-3-11(4-2-10)15(20)21/h1-7,9H,8H2,(H,20,21). The number of aromatic carboxylic acids is 1. The molecular formula is C15H11F2NO3. The van der Waals surface area contributed by atoms with Crippen molar-refractivity contribution in [2.24, 2.45) is 0 Å². The maximum Gasteiger partial charge on any atom is 0.335 e. The minimum atomic E-state index is -1.06. The van der Waals surface area contributed by atoms with Gasteiger partial charge in [-0.1, -0.05) is 12.1 Å². The lowest BCUT2D eigenvalue weighted by Gasteiger charge is -2.18. The number of carboxylic acid groups (broad SMARTS) is 1. The van der Waals surface area contributed by atoms with Crippen LogP contribution < -0.4 is 4.90 Å². The summed E-state index contributed by atoms with van der Waals surface area (Å²) in [5.74, 6) is -2.63. The first-order valence-electron chi connectivity index (χ1n) is 6.00. The van der Waals surface area contributed by atoms with Crippen LogP contribution >= 0.6 is 0 Å². The largest absolute Gasteiger partial charge is 0.478 e. The second-order valence-corrected chi connectivity index (χ2v) is 4.33. The number of carbonyl (C=O) groups excluding carboxylic acids is 1. The number of anilines is 1. The zero-order chi connectivity index (χ0) is 15.4. The van der Waals surface area contributed by atoms with Gasteiger partial charge in [0.1, 0.15) is 11.6 Å². The van der Waals surface area contributed by atoms with Crippen molar-refractivity contribution >= 4 is 18.1 Å². The van der Waals surface area contributed by atoms with Gasteiger partial charge in [-0.05, 0) is 29.8 Å². The van der Waals surface area contributed by atoms with E-state index < -0.39 is 17.6 Å². The molecule has 2 aromatic carbocycles. The monoisotopic (exact) mass is 291 g/mol. The Kier molecular flexibility index (Phi) is 4.27. The highest BCUT2D eigenvalue weighted by Crippen LogP contribution is 2.21. The Morgan fingerprint density at radius 2 is 1.81 bits per heavy atom. The zero-order valence-electron chi connectivity index (χ0n) is 10.8. The number of carbonyl (C=O) groups is 2. The van der Waals surface area contributed by atoms with E-state index in [0.29, 0.717) is 18.0 Å². The molecule has 0 unspecified atom stereocenters. The molecule has 0 aliphatic carbocycles. The Balaban J connectivity index is 2.22. The first kappa shape index (κ1) is 14.6. The highest BCUT2D eigenvalue weighted by Gasteiger charge is 2.12. The highest BCUT2D eigenvalue weighted by molar-refractivity contribution is 5.87. The van der Waals surface area contributed by atoms with Gasteiger partial charge in [-0.2, -0.15) is 0 Å². The van der Waals surface area contributed by atoms with Crippen molar-refractivity contribution in [3.05, 3.63) is 65.2 Å². The third-order valence-electron chi connectivity index (χ3n) is 2.90. The van der Waals surface area contributed by atoms with Crippen molar-refractivity contribution in [2.45, 2.75) is 6.54 Å². The van der Waals surface area contributed by atoms with Crippen LogP contribution in [0.1, 0.15) is 15.9 Å². The van der Waals surface area contributed by atoms with Crippen LogP contribution in [-0.4, -0.2) is 17.5 Å². The maximum absolute atomic E-state index is 13.6. The molecule has 0 spiro atoms. The maximum atomic E-state index is 13.6. The fraction of sp³-hybridized carbons (Fsp3) is 0.0667. The van der Waals surface area contributed by atoms with Crippen LogP contribution in [0.5, 0.6) is 0 Å². The van der Waals surface area contributed by atoms with Crippen molar-refractivity contribution in [2.75, 3.05) is 4.90 Å². The second kappa shape index (κ2) is 6.13. The topological polar surface area (TPSA) is 57.6 Å². The van der Waals surface area contributed by atoms with Crippen LogP contribution in [0.25, 0.3) is 0 Å². The van der Waals surface area contributed by atoms with E-state index in [9.17, 15) is 18.4 Å². The lowest BCUT2D eigenvalue weighted by Crippen LogP contribution is -2.21. The third kappa shape index (κ3) is 3.42. The highest BCUT2D eigenvalue weighted by atomic mass is 19.1. The summed E-state index contributed by atoms with van der Waals surface area (Å²) in [6.45, 7) is 0.0476. The molecule has 2 aromatic rings. The van der Waals surface area contributed by atoms with Gasteiger partial charge in [-0.25, -0.2) is 13.6 Å². The number of halogens is 2. The SMILES string of the molecule is O=CN(Cc1ccc(C(=O)O)cc1)c1ccc(F)cc1F. The first-order chi connectivity index (χ1) is 10.0. The predicted molar refractivity (Wildman–Crippen MR) is 72.0 cm³/mol. The average molecular weight is 291 g/mol. The predicted octanol–water partition coefficient (Wildman–Crippen LogP) is 2.83. The lowest BCUT2D eigenvalue weighted by molar-refractivity contribution is -0.107. The van der Waals surface area contributed by atoms with Crippen molar-refractivity contribution in [1.82, 2.24) is 0 Å². The molecule has 21 heavy (non-hydrogen) atoms. The van der Waals surface area contributed by atoms with Crippen LogP contribution in [0.2, 0.25) is 0 Å². The van der Waals surface area contributed by atoms with Gasteiger partial charge < -0.3 is 10.0 Å². The van der Waals surface area contributed by atoms with Crippen LogP contribution in [-0.2, 0) is 11.3 Å². The van der Waals surface area contributed by atoms with E-state index in [2.05, 4.69) is 0 Å². The van der Waals surface area contributed by atoms with Gasteiger partial charge in [0.15, 0.2) is 0 Å². The number of amides is 1. The van der Waals surface area contributed by atoms with Crippen LogP contribution in [0.3, 0.4) is 0 Å². The van der Waals surface area contributed by atoms with Gasteiger partial charge in [0.2, 0.25) is 6.41 Å². The van der Waals surface area contributed by atoms with E-state index >= 15 is 0 Å². The van der Waals surface area contributed by atoms with E-state index in [0.717, 1.165) is 11.0 Å². The normalized spacial score (nSPS) is 10.2. The molecule has 1 amide bonds. The van der Waals surface area contributed by atoms with Crippen LogP contribution in [0.4, 0.5) is 14.5 Å². The van der Waals surface area contributed by atoms with Gasteiger partial charge >= 0.3 is 5.97 Å². The summed E-state index contributed by atoms with van der Waals surface area (Å²) in [6.07, 6.45) is 0.432. The third-order valence-corrected chi connectivity index (χ3v) is 2.90. The Morgan fingerprint density at radius 1 is 1.14 bits per heavy atom. The number of carboxylic acids is 1. The first-order valence-corrected chi connectivity index (χ1v) is 6.00. The number of benzene rings is 2. The summed E-state index contributed by atoms with van der Waals surface area (Å²) >= 11 is 0. The smallest absolute Gasteiger partial charge is 0.335 e. The van der Waals surface area contributed by atoms with Gasteiger partial charge in [0, 0.05) is 6.07 Å². The van der Waals surface area contributed by atoms with Crippen molar-refractivity contribution in [3.8, 4) is 0 Å². The molecule has 0 bridgehead atoms. The van der Waals surface area contributed by atoms with Gasteiger partial charge in [-0.3, -0.25) is 4.79 Å². The van der Waals surface area contributed by atoms with E-state index in [-0.39, 0.29) is 17.8 Å². The summed E-state index contributed by atoms with van der Waals surface area (Å²) in [5, 5.41) is 8.79. The fourth-order valence-electron chi connectivity index (χ4n) is 1.84. The van der Waals surface area contributed by atoms with E-state index in [1.165, 1.54) is 30.3 Å². The molecule has 2 rings (SSSR count). The average Bonchev–Trinajstić information content (AvgIpc) is 2.46. The molecule has 0 heterocycles. The Labute approximate surface area is 119 Å². The summed E-state index contributed by atoms with van der Waals surface area (Å²) < 4.78 is 26.5. The van der Waals surface area contributed by atoms with Crippen molar-refractivity contribution in [1.29, 1.82) is 0 Å². The summed E-state index contributed by atoms with van der Waals surface area (Å²) in [5.41, 5.74) is 0.689. The Hall–Kier alpha value is -2.76. The lowest BCUT2D eigenvalue weighted by atomic mass is 10.1. The quantitative estimate of drug-likeness (QED) is 0.862. The molecule has 0 atom stereocenters. The Morgan fingerprint density at radius 3 is 2.33 bits per heavy atom. The van der Waals surface area contributed by atoms with Crippen molar-refractivity contribution in [3.63, 3.8) is 0 Å². The molecule has 0 radical (unpaired) electrons. The van der Waals surface area contributed by atoms with Crippen LogP contribution in [0, 0.1) is 11.6 Å². The van der Waals surface area contributed by atoms with Gasteiger partial charge in [0.05, 0.1) is 17.8 Å². The van der Waals surface area contributed by atoms with Crippen molar-refractivity contribution < 1.29 is 23.5 Å². The van der Waals surface area contributed by atoms with E-state index in [4.69, 9.17) is 5.11 Å². The minimum absolute atomic E-state index is 0.0475. The number of hydrogen-bond acceptors (Lipinski definition) is 2. The number of hydrogen-bond donors (Lipinski definition) is 1. The van der Waals surface area contributed by atoms with Gasteiger partial charge in [-0.15, -0.1) is 0 Å². The molecule has 0 fully saturated rings. The second-order valence-electron chi connectivity index (χ2n) is 4.33. The minimum Gasteiger partial charge on any atom is -0.478 e. The zero-order valence-corrected chi connectivity index (χ0v) is 10.8. The number of rotatable bonds is 5. The molecule has 4 nitrogen and oxygen atoms in total. The number of nitrogens with zero attached hydrogens (tertiary/aromatic N) is 1. The summed E-state index contributed by atoms with van der Waals surface area (Å²) in [7, 11) is 0. The van der Waals surface area contributed by atoms with Gasteiger partial charge in [0.25, 0.3) is 0 Å². The molecular weight excluding hydrogens is 280 g/mol. The Bertz CT molecular complexity index is 671. The molecule has 0 aliphatic rings. The summed E-state index contributed by atoms with van der Waals surface area (Å²) in [4.78, 5) is 22.9. The van der Waals surface area contributed by atoms with Crippen LogP contribution in [0.15, 0.2) is 42.5 Å². The molecule has 0 aromatic heterocycles. The molecule has 1 N–H and O–H groups in total. The van der Waals surface area contributed by atoms with E-state index in [1.54, 1.807) is 0 Å². The molecule has 6 heteroatoms. The fourth-order valence-corrected chi connectivity index (χ4v) is 1.84. The molecule has 0 saturated carbocycles. The molecule has 0 saturated heterocycles.